The van der Waals surface area contributed by atoms with Gasteiger partial charge in [0, 0.05) is 11.1 Å². The lowest BCUT2D eigenvalue weighted by Gasteiger charge is -2.38. The van der Waals surface area contributed by atoms with Gasteiger partial charge in [-0.05, 0) is 54.9 Å². The Balaban J connectivity index is 2.95. The number of aromatic hydroxyl groups is 1. The van der Waals surface area contributed by atoms with Crippen LogP contribution in [0.3, 0.4) is 0 Å². The van der Waals surface area contributed by atoms with E-state index >= 15 is 0 Å². The Hall–Kier alpha value is -2.87. The lowest BCUT2D eigenvalue weighted by Crippen LogP contribution is -2.39. The van der Waals surface area contributed by atoms with Crippen molar-refractivity contribution in [3.05, 3.63) is 97.2 Å². The molecule has 0 aliphatic heterocycles. The van der Waals surface area contributed by atoms with Crippen LogP contribution in [0.4, 0.5) is 0 Å². The van der Waals surface area contributed by atoms with Crippen molar-refractivity contribution in [2.45, 2.75) is 37.5 Å². The molecule has 1 aliphatic rings. The minimum Gasteiger partial charge on any atom is -0.507 e. The zero-order chi connectivity index (χ0) is 20.0. The Bertz CT molecular complexity index is 826. The predicted octanol–water partition coefficient (Wildman–Crippen LogP) is 5.78. The van der Waals surface area contributed by atoms with Crippen LogP contribution < -0.4 is 0 Å². The lowest BCUT2D eigenvalue weighted by atomic mass is 9.63. The van der Waals surface area contributed by atoms with E-state index in [0.29, 0.717) is 37.7 Å². The maximum absolute atomic E-state index is 13.5. The third kappa shape index (κ3) is 3.52. The zero-order valence-corrected chi connectivity index (χ0v) is 16.0. The molecule has 1 aromatic rings. The largest absolute Gasteiger partial charge is 0.507 e. The van der Waals surface area contributed by atoms with Crippen LogP contribution in [-0.2, 0) is 23.1 Å². The Morgan fingerprint density at radius 2 is 1.48 bits per heavy atom. The molecule has 2 rings (SSSR count). The van der Waals surface area contributed by atoms with E-state index in [2.05, 4.69) is 32.9 Å². The van der Waals surface area contributed by atoms with Crippen molar-refractivity contribution in [3.8, 4) is 5.75 Å². The van der Waals surface area contributed by atoms with Crippen molar-refractivity contribution in [2.24, 2.45) is 0 Å². The maximum Gasteiger partial charge on any atom is 0.170 e. The van der Waals surface area contributed by atoms with Crippen LogP contribution in [0.15, 0.2) is 74.9 Å². The summed E-state index contributed by atoms with van der Waals surface area (Å²) in [4.78, 5) is 13.5. The highest BCUT2D eigenvalue weighted by atomic mass is 16.3. The van der Waals surface area contributed by atoms with Crippen LogP contribution in [0.5, 0.6) is 5.75 Å². The molecule has 1 aliphatic carbocycles. The average molecular weight is 360 g/mol. The molecule has 0 spiro atoms. The third-order valence-corrected chi connectivity index (χ3v) is 5.15. The standard InChI is InChI=1S/C25H28O2/c1-6-11-18-17-22-21(20(13-8-3)23(18)26)16-19(12-7-2)24(27)25(22,14-9-4)15-10-5/h6-10,16-17,26H,1-5,11-15H2. The maximum atomic E-state index is 13.5. The topological polar surface area (TPSA) is 37.3 Å². The highest BCUT2D eigenvalue weighted by Crippen LogP contribution is 2.47. The monoisotopic (exact) mass is 360 g/mol. The molecular weight excluding hydrogens is 332 g/mol. The van der Waals surface area contributed by atoms with Crippen LogP contribution >= 0.6 is 0 Å². The molecule has 0 unspecified atom stereocenters. The van der Waals surface area contributed by atoms with Gasteiger partial charge in [-0.15, -0.1) is 32.9 Å². The van der Waals surface area contributed by atoms with Crippen LogP contribution in [0.2, 0.25) is 0 Å². The van der Waals surface area contributed by atoms with Gasteiger partial charge >= 0.3 is 0 Å². The van der Waals surface area contributed by atoms with Gasteiger partial charge in [0.1, 0.15) is 5.75 Å². The number of fused-ring (bicyclic) bond motifs is 1. The molecule has 2 nitrogen and oxygen atoms in total. The SMILES string of the molecule is C=CCC1=Cc2c(cc(CC=C)c(O)c2CC=C)C(CC=C)(CC=C)C1=O. The van der Waals surface area contributed by atoms with Crippen LogP contribution in [0, 0.1) is 0 Å². The predicted molar refractivity (Wildman–Crippen MR) is 115 cm³/mol. The number of hydrogen-bond acceptors (Lipinski definition) is 2. The first-order valence-electron chi connectivity index (χ1n) is 9.18. The lowest BCUT2D eigenvalue weighted by molar-refractivity contribution is -0.121. The van der Waals surface area contributed by atoms with Crippen molar-refractivity contribution in [2.75, 3.05) is 0 Å². The number of allylic oxidation sites excluding steroid dienone is 6. The molecule has 0 heterocycles. The van der Waals surface area contributed by atoms with Crippen molar-refractivity contribution >= 4 is 11.9 Å². The molecule has 1 aromatic carbocycles. The molecule has 0 amide bonds. The second-order valence-corrected chi connectivity index (χ2v) is 6.87. The highest BCUT2D eigenvalue weighted by Gasteiger charge is 2.44. The van der Waals surface area contributed by atoms with Crippen LogP contribution in [0.25, 0.3) is 6.08 Å². The fraction of sp³-hybridized carbons (Fsp3) is 0.240. The van der Waals surface area contributed by atoms with E-state index in [1.54, 1.807) is 30.4 Å². The molecule has 1 N–H and O–H groups in total. The normalized spacial score (nSPS) is 14.7. The fourth-order valence-electron chi connectivity index (χ4n) is 3.99. The van der Waals surface area contributed by atoms with Gasteiger partial charge in [-0.3, -0.25) is 4.79 Å². The fourth-order valence-corrected chi connectivity index (χ4v) is 3.99. The van der Waals surface area contributed by atoms with Gasteiger partial charge in [0.2, 0.25) is 0 Å². The van der Waals surface area contributed by atoms with Crippen molar-refractivity contribution in [1.29, 1.82) is 0 Å². The number of carbonyl (C=O) groups is 1. The Kier molecular flexibility index (Phi) is 6.57. The number of hydrogen-bond donors (Lipinski definition) is 1. The Morgan fingerprint density at radius 1 is 0.889 bits per heavy atom. The van der Waals surface area contributed by atoms with E-state index < -0.39 is 5.41 Å². The Labute approximate surface area is 162 Å². The zero-order valence-electron chi connectivity index (χ0n) is 16.0. The first-order valence-corrected chi connectivity index (χ1v) is 9.18. The van der Waals surface area contributed by atoms with Gasteiger partial charge in [-0.25, -0.2) is 0 Å². The number of benzene rings is 1. The number of carbonyl (C=O) groups excluding carboxylic acids is 1. The molecule has 0 bridgehead atoms. The summed E-state index contributed by atoms with van der Waals surface area (Å²) in [6.45, 7) is 19.2. The smallest absolute Gasteiger partial charge is 0.170 e. The van der Waals surface area contributed by atoms with Gasteiger partial charge in [-0.2, -0.15) is 0 Å². The molecule has 0 aromatic heterocycles. The highest BCUT2D eigenvalue weighted by molar-refractivity contribution is 6.10. The number of phenolic OH excluding ortho intramolecular Hbond substituents is 1. The molecule has 140 valence electrons. The van der Waals surface area contributed by atoms with Gasteiger partial charge in [0.05, 0.1) is 5.41 Å². The van der Waals surface area contributed by atoms with Gasteiger partial charge in [0.15, 0.2) is 5.78 Å². The molecule has 2 heteroatoms. The molecule has 27 heavy (non-hydrogen) atoms. The number of rotatable bonds is 10. The van der Waals surface area contributed by atoms with Crippen LogP contribution in [-0.4, -0.2) is 10.9 Å². The van der Waals surface area contributed by atoms with Crippen LogP contribution in [0.1, 0.15) is 41.5 Å². The summed E-state index contributed by atoms with van der Waals surface area (Å²) < 4.78 is 0. The summed E-state index contributed by atoms with van der Waals surface area (Å²) in [6.07, 6.45) is 13.3. The minimum atomic E-state index is -0.758. The van der Waals surface area contributed by atoms with E-state index in [9.17, 15) is 9.90 Å². The molecule has 0 fully saturated rings. The van der Waals surface area contributed by atoms with Gasteiger partial charge in [-0.1, -0.05) is 36.4 Å². The molecular formula is C25H28O2. The third-order valence-electron chi connectivity index (χ3n) is 5.15. The molecule has 0 saturated heterocycles. The average Bonchev–Trinajstić information content (AvgIpc) is 2.64. The first-order chi connectivity index (χ1) is 13.0. The van der Waals surface area contributed by atoms with E-state index in [0.717, 1.165) is 22.3 Å². The number of phenols is 1. The first kappa shape index (κ1) is 20.4. The van der Waals surface area contributed by atoms with E-state index in [4.69, 9.17) is 0 Å². The summed E-state index contributed by atoms with van der Waals surface area (Å²) in [5.41, 5.74) is 3.33. The summed E-state index contributed by atoms with van der Waals surface area (Å²) in [5, 5.41) is 10.8. The molecule has 0 radical (unpaired) electrons. The molecule has 0 atom stereocenters. The second-order valence-electron chi connectivity index (χ2n) is 6.87. The summed E-state index contributed by atoms with van der Waals surface area (Å²) >= 11 is 0. The van der Waals surface area contributed by atoms with Gasteiger partial charge < -0.3 is 5.11 Å². The molecule has 0 saturated carbocycles. The summed E-state index contributed by atoms with van der Waals surface area (Å²) in [7, 11) is 0. The quantitative estimate of drug-likeness (QED) is 0.537. The Morgan fingerprint density at radius 3 is 2.00 bits per heavy atom. The van der Waals surface area contributed by atoms with Crippen molar-refractivity contribution in [3.63, 3.8) is 0 Å². The van der Waals surface area contributed by atoms with E-state index in [1.807, 2.05) is 12.1 Å². The second kappa shape index (κ2) is 8.68. The summed E-state index contributed by atoms with van der Waals surface area (Å²) in [6, 6.07) is 1.95. The number of ketones is 1. The van der Waals surface area contributed by atoms with Gasteiger partial charge in [0.25, 0.3) is 0 Å². The van der Waals surface area contributed by atoms with E-state index in [-0.39, 0.29) is 11.5 Å². The summed E-state index contributed by atoms with van der Waals surface area (Å²) in [5.74, 6) is 0.331. The van der Waals surface area contributed by atoms with Crippen molar-refractivity contribution < 1.29 is 9.90 Å². The minimum absolute atomic E-state index is 0.0782. The van der Waals surface area contributed by atoms with Crippen molar-refractivity contribution in [1.82, 2.24) is 0 Å². The van der Waals surface area contributed by atoms with E-state index in [1.165, 1.54) is 0 Å². The number of Topliss-reactive ketones (excluding diaryl/α,β-unsaturated/α-hetero) is 1.